The van der Waals surface area contributed by atoms with Crippen molar-refractivity contribution in [2.24, 2.45) is 0 Å². The van der Waals surface area contributed by atoms with E-state index in [1.54, 1.807) is 19.5 Å². The molecule has 1 aromatic carbocycles. The summed E-state index contributed by atoms with van der Waals surface area (Å²) in [5.41, 5.74) is 4.19. The number of nitrogens with zero attached hydrogens (tertiary/aromatic N) is 4. The van der Waals surface area contributed by atoms with E-state index in [4.69, 9.17) is 4.74 Å². The van der Waals surface area contributed by atoms with E-state index in [1.807, 2.05) is 19.1 Å². The van der Waals surface area contributed by atoms with Crippen LogP contribution in [-0.4, -0.2) is 53.3 Å². The fraction of sp³-hybridized carbons (Fsp3) is 0.429. The third-order valence-electron chi connectivity index (χ3n) is 5.19. The first-order valence-electron chi connectivity index (χ1n) is 9.28. The van der Waals surface area contributed by atoms with Crippen LogP contribution in [0.3, 0.4) is 0 Å². The van der Waals surface area contributed by atoms with Crippen molar-refractivity contribution in [1.29, 1.82) is 0 Å². The molecular weight excluding hydrogens is 340 g/mol. The molecule has 0 unspecified atom stereocenters. The molecule has 0 amide bonds. The zero-order chi connectivity index (χ0) is 19.4. The van der Waals surface area contributed by atoms with Gasteiger partial charge in [0.05, 0.1) is 7.11 Å². The summed E-state index contributed by atoms with van der Waals surface area (Å²) < 4.78 is 5.34. The fourth-order valence-corrected chi connectivity index (χ4v) is 3.51. The quantitative estimate of drug-likeness (QED) is 0.791. The molecule has 2 heterocycles. The highest BCUT2D eigenvalue weighted by molar-refractivity contribution is 5.50. The highest BCUT2D eigenvalue weighted by Gasteiger charge is 2.21. The predicted molar refractivity (Wildman–Crippen MR) is 108 cm³/mol. The number of aromatic nitrogens is 2. The Labute approximate surface area is 161 Å². The van der Waals surface area contributed by atoms with Gasteiger partial charge in [0.1, 0.15) is 12.1 Å². The lowest BCUT2D eigenvalue weighted by molar-refractivity contribution is 0.248. The third kappa shape index (κ3) is 4.22. The highest BCUT2D eigenvalue weighted by Crippen LogP contribution is 2.32. The van der Waals surface area contributed by atoms with Gasteiger partial charge in [-0.2, -0.15) is 0 Å². The molecule has 27 heavy (non-hydrogen) atoms. The van der Waals surface area contributed by atoms with Crippen molar-refractivity contribution in [3.05, 3.63) is 53.5 Å². The number of methoxy groups -OCH3 is 1. The molecule has 0 radical (unpaired) electrons. The van der Waals surface area contributed by atoms with Gasteiger partial charge in [0.15, 0.2) is 11.5 Å². The number of ether oxygens (including phenoxy) is 1. The monoisotopic (exact) mass is 368 g/mol. The summed E-state index contributed by atoms with van der Waals surface area (Å²) in [7, 11) is 1.58. The molecule has 2 aromatic rings. The molecule has 144 valence electrons. The Morgan fingerprint density at radius 3 is 2.59 bits per heavy atom. The normalized spacial score (nSPS) is 15.0. The van der Waals surface area contributed by atoms with Gasteiger partial charge in [-0.05, 0) is 31.9 Å². The number of aromatic hydroxyl groups is 1. The molecule has 6 heteroatoms. The summed E-state index contributed by atoms with van der Waals surface area (Å²) in [5.74, 6) is 1.78. The Morgan fingerprint density at radius 1 is 1.19 bits per heavy atom. The van der Waals surface area contributed by atoms with Gasteiger partial charge in [-0.25, -0.2) is 9.97 Å². The van der Waals surface area contributed by atoms with Crippen molar-refractivity contribution < 1.29 is 9.84 Å². The maximum Gasteiger partial charge on any atom is 0.161 e. The van der Waals surface area contributed by atoms with Crippen LogP contribution in [0.25, 0.3) is 0 Å². The number of hydrogen-bond donors (Lipinski definition) is 1. The molecule has 0 bridgehead atoms. The van der Waals surface area contributed by atoms with Gasteiger partial charge in [-0.15, -0.1) is 6.58 Å². The van der Waals surface area contributed by atoms with Crippen molar-refractivity contribution in [2.75, 3.05) is 38.2 Å². The first-order chi connectivity index (χ1) is 13.0. The zero-order valence-corrected chi connectivity index (χ0v) is 16.4. The Bertz CT molecular complexity index is 814. The zero-order valence-electron chi connectivity index (χ0n) is 16.4. The molecule has 1 saturated heterocycles. The van der Waals surface area contributed by atoms with Gasteiger partial charge >= 0.3 is 0 Å². The summed E-state index contributed by atoms with van der Waals surface area (Å²) in [6.07, 6.45) is 4.06. The molecule has 3 rings (SSSR count). The highest BCUT2D eigenvalue weighted by atomic mass is 16.5. The molecule has 0 spiro atoms. The Kier molecular flexibility index (Phi) is 5.96. The van der Waals surface area contributed by atoms with E-state index in [9.17, 15) is 5.11 Å². The minimum absolute atomic E-state index is 0.209. The van der Waals surface area contributed by atoms with E-state index in [1.165, 1.54) is 0 Å². The van der Waals surface area contributed by atoms with Crippen LogP contribution >= 0.6 is 0 Å². The van der Waals surface area contributed by atoms with Crippen molar-refractivity contribution in [3.8, 4) is 11.5 Å². The van der Waals surface area contributed by atoms with Crippen LogP contribution in [0.4, 0.5) is 5.82 Å². The Morgan fingerprint density at radius 2 is 1.93 bits per heavy atom. The van der Waals surface area contributed by atoms with Gasteiger partial charge in [0.25, 0.3) is 0 Å². The standard InChI is InChI=1S/C21H28N4O2/c1-5-6-18-11-17(12-19(27-4)20(18)26)13-24-7-9-25(10-8-24)21-15(2)16(3)22-14-23-21/h5,11-12,14,26H,1,6-10,13H2,2-4H3. The number of piperazine rings is 1. The van der Waals surface area contributed by atoms with Crippen LogP contribution in [0.1, 0.15) is 22.4 Å². The lowest BCUT2D eigenvalue weighted by Gasteiger charge is -2.36. The molecule has 1 aliphatic heterocycles. The van der Waals surface area contributed by atoms with Gasteiger partial charge in [0.2, 0.25) is 0 Å². The SMILES string of the molecule is C=CCc1cc(CN2CCN(c3ncnc(C)c3C)CC2)cc(OC)c1O. The molecular formula is C21H28N4O2. The van der Waals surface area contributed by atoms with Crippen LogP contribution in [0.5, 0.6) is 11.5 Å². The van der Waals surface area contributed by atoms with E-state index in [0.29, 0.717) is 12.2 Å². The molecule has 0 saturated carbocycles. The second kappa shape index (κ2) is 8.39. The lowest BCUT2D eigenvalue weighted by Crippen LogP contribution is -2.46. The second-order valence-electron chi connectivity index (χ2n) is 6.97. The van der Waals surface area contributed by atoms with Gasteiger partial charge in [0, 0.05) is 49.5 Å². The summed E-state index contributed by atoms with van der Waals surface area (Å²) >= 11 is 0. The molecule has 0 aliphatic carbocycles. The van der Waals surface area contributed by atoms with E-state index in [2.05, 4.69) is 33.3 Å². The summed E-state index contributed by atoms with van der Waals surface area (Å²) in [6, 6.07) is 3.97. The Hall–Kier alpha value is -2.60. The van der Waals surface area contributed by atoms with Gasteiger partial charge < -0.3 is 14.7 Å². The van der Waals surface area contributed by atoms with Crippen molar-refractivity contribution in [3.63, 3.8) is 0 Å². The second-order valence-corrected chi connectivity index (χ2v) is 6.97. The fourth-order valence-electron chi connectivity index (χ4n) is 3.51. The number of hydrogen-bond acceptors (Lipinski definition) is 6. The number of phenols is 1. The van der Waals surface area contributed by atoms with Crippen molar-refractivity contribution >= 4 is 5.82 Å². The van der Waals surface area contributed by atoms with Gasteiger partial charge in [-0.3, -0.25) is 4.90 Å². The third-order valence-corrected chi connectivity index (χ3v) is 5.19. The van der Waals surface area contributed by atoms with E-state index in [-0.39, 0.29) is 5.75 Å². The van der Waals surface area contributed by atoms with Gasteiger partial charge in [-0.1, -0.05) is 12.1 Å². The molecule has 1 aromatic heterocycles. The summed E-state index contributed by atoms with van der Waals surface area (Å²) in [6.45, 7) is 12.5. The average molecular weight is 368 g/mol. The van der Waals surface area contributed by atoms with Crippen molar-refractivity contribution in [2.45, 2.75) is 26.8 Å². The van der Waals surface area contributed by atoms with E-state index >= 15 is 0 Å². The van der Waals surface area contributed by atoms with E-state index < -0.39 is 0 Å². The average Bonchev–Trinajstić information content (AvgIpc) is 2.67. The van der Waals surface area contributed by atoms with Crippen LogP contribution in [0.2, 0.25) is 0 Å². The van der Waals surface area contributed by atoms with Crippen LogP contribution < -0.4 is 9.64 Å². The number of anilines is 1. The largest absolute Gasteiger partial charge is 0.504 e. The molecule has 1 N–H and O–H groups in total. The van der Waals surface area contributed by atoms with Crippen LogP contribution in [-0.2, 0) is 13.0 Å². The smallest absolute Gasteiger partial charge is 0.161 e. The summed E-state index contributed by atoms with van der Waals surface area (Å²) in [5, 5.41) is 10.3. The first-order valence-corrected chi connectivity index (χ1v) is 9.28. The topological polar surface area (TPSA) is 61.7 Å². The number of allylic oxidation sites excluding steroid dienone is 1. The van der Waals surface area contributed by atoms with Crippen LogP contribution in [0, 0.1) is 13.8 Å². The number of benzene rings is 1. The minimum Gasteiger partial charge on any atom is -0.504 e. The maximum absolute atomic E-state index is 10.3. The molecule has 6 nitrogen and oxygen atoms in total. The number of phenolic OH excluding ortho intramolecular Hbond substituents is 1. The summed E-state index contributed by atoms with van der Waals surface area (Å²) in [4.78, 5) is 13.5. The van der Waals surface area contributed by atoms with E-state index in [0.717, 1.165) is 60.9 Å². The minimum atomic E-state index is 0.209. The van der Waals surface area contributed by atoms with Crippen LogP contribution in [0.15, 0.2) is 31.1 Å². The van der Waals surface area contributed by atoms with Crippen molar-refractivity contribution in [1.82, 2.24) is 14.9 Å². The first kappa shape index (κ1) is 19.2. The lowest BCUT2D eigenvalue weighted by atomic mass is 10.0. The number of rotatable bonds is 6. The Balaban J connectivity index is 1.68. The number of aryl methyl sites for hydroxylation is 1. The molecule has 1 aliphatic rings. The maximum atomic E-state index is 10.3. The molecule has 1 fully saturated rings. The molecule has 0 atom stereocenters. The predicted octanol–water partition coefficient (Wildman–Crippen LogP) is 2.86.